The number of ketones is 1. The first kappa shape index (κ1) is 15.8. The molecule has 0 aromatic carbocycles. The maximum atomic E-state index is 11.5. The van der Waals surface area contributed by atoms with Crippen molar-refractivity contribution in [2.75, 3.05) is 0 Å². The second-order valence-electron chi connectivity index (χ2n) is 4.55. The van der Waals surface area contributed by atoms with E-state index in [2.05, 4.69) is 13.5 Å². The van der Waals surface area contributed by atoms with Gasteiger partial charge in [-0.25, -0.2) is 19.1 Å². The lowest BCUT2D eigenvalue weighted by Crippen LogP contribution is -2.26. The number of unbranched alkanes of at least 4 members (excludes halogenated alkanes) is 1. The van der Waals surface area contributed by atoms with Gasteiger partial charge in [0.15, 0.2) is 0 Å². The van der Waals surface area contributed by atoms with Crippen molar-refractivity contribution in [3.8, 4) is 0 Å². The molecule has 0 amide bonds. The molecule has 0 aromatic rings. The third-order valence-electron chi connectivity index (χ3n) is 2.82. The molecular formula is C14H23O3-. The fourth-order valence-electron chi connectivity index (χ4n) is 1.34. The first-order chi connectivity index (χ1) is 7.84. The third kappa shape index (κ3) is 7.61. The minimum absolute atomic E-state index is 0.0404. The van der Waals surface area contributed by atoms with Crippen molar-refractivity contribution >= 4 is 11.8 Å². The van der Waals surface area contributed by atoms with E-state index < -0.39 is 0 Å². The van der Waals surface area contributed by atoms with Gasteiger partial charge in [0.25, 0.3) is 0 Å². The van der Waals surface area contributed by atoms with E-state index in [1.165, 1.54) is 6.92 Å². The molecule has 0 rings (SSSR count). The van der Waals surface area contributed by atoms with Gasteiger partial charge in [0.2, 0.25) is 0 Å². The van der Waals surface area contributed by atoms with Crippen molar-refractivity contribution in [3.63, 3.8) is 0 Å². The predicted octanol–water partition coefficient (Wildman–Crippen LogP) is 3.09. The van der Waals surface area contributed by atoms with Crippen LogP contribution in [0.5, 0.6) is 0 Å². The van der Waals surface area contributed by atoms with Crippen LogP contribution in [0.2, 0.25) is 0 Å². The molecule has 0 aliphatic heterocycles. The number of esters is 1. The van der Waals surface area contributed by atoms with Crippen LogP contribution in [0.1, 0.15) is 46.5 Å². The van der Waals surface area contributed by atoms with E-state index in [4.69, 9.17) is 4.74 Å². The normalized spacial score (nSPS) is 13.8. The smallest absolute Gasteiger partial charge is 0.306 e. The summed E-state index contributed by atoms with van der Waals surface area (Å²) >= 11 is 0. The summed E-state index contributed by atoms with van der Waals surface area (Å²) in [5.41, 5.74) is 0.886. The van der Waals surface area contributed by atoms with Crippen molar-refractivity contribution in [2.24, 2.45) is 5.92 Å². The third-order valence-corrected chi connectivity index (χ3v) is 2.82. The molecule has 0 fully saturated rings. The van der Waals surface area contributed by atoms with Crippen LogP contribution in [0.15, 0.2) is 12.2 Å². The van der Waals surface area contributed by atoms with Gasteiger partial charge in [-0.1, -0.05) is 19.8 Å². The van der Waals surface area contributed by atoms with E-state index in [1.807, 2.05) is 0 Å². The molecule has 17 heavy (non-hydrogen) atoms. The SMILES string of the molecule is C=C([CH2-])CCCCC(=O)OC(C)C(C)C(C)=O. The van der Waals surface area contributed by atoms with Crippen LogP contribution in [-0.4, -0.2) is 17.9 Å². The molecule has 0 aliphatic carbocycles. The highest BCUT2D eigenvalue weighted by Gasteiger charge is 2.19. The number of Topliss-reactive ketones (excluding diaryl/α,β-unsaturated/α-hetero) is 1. The molecule has 2 atom stereocenters. The largest absolute Gasteiger partial charge is 0.462 e. The molecule has 0 aromatic heterocycles. The lowest BCUT2D eigenvalue weighted by molar-refractivity contribution is -0.151. The topological polar surface area (TPSA) is 43.4 Å². The summed E-state index contributed by atoms with van der Waals surface area (Å²) in [6.07, 6.45) is 2.56. The maximum absolute atomic E-state index is 11.5. The standard InChI is InChI=1S/C14H23O3/c1-10(2)8-6-7-9-14(16)17-13(5)11(3)12(4)15/h11,13H,1-2,6-9H2,3-5H3/q-1. The molecule has 0 N–H and O–H groups in total. The van der Waals surface area contributed by atoms with Gasteiger partial charge in [-0.05, 0) is 20.3 Å². The fourth-order valence-corrected chi connectivity index (χ4v) is 1.34. The Bertz CT molecular complexity index is 281. The second-order valence-corrected chi connectivity index (χ2v) is 4.55. The van der Waals surface area contributed by atoms with Crippen molar-refractivity contribution in [3.05, 3.63) is 19.1 Å². The molecule has 98 valence electrons. The summed E-state index contributed by atoms with van der Waals surface area (Å²) in [5, 5.41) is 0. The number of allylic oxidation sites excluding steroid dienone is 1. The lowest BCUT2D eigenvalue weighted by atomic mass is 10.0. The Morgan fingerprint density at radius 3 is 2.24 bits per heavy atom. The summed E-state index contributed by atoms with van der Waals surface area (Å²) in [6, 6.07) is 0. The summed E-state index contributed by atoms with van der Waals surface area (Å²) in [7, 11) is 0. The van der Waals surface area contributed by atoms with Crippen LogP contribution in [0.3, 0.4) is 0 Å². The van der Waals surface area contributed by atoms with Gasteiger partial charge >= 0.3 is 5.97 Å². The van der Waals surface area contributed by atoms with Crippen LogP contribution in [0.25, 0.3) is 0 Å². The molecule has 0 spiro atoms. The Hall–Kier alpha value is -1.25. The zero-order valence-electron chi connectivity index (χ0n) is 11.1. The minimum Gasteiger partial charge on any atom is -0.462 e. The zero-order chi connectivity index (χ0) is 13.4. The van der Waals surface area contributed by atoms with Gasteiger partial charge in [-0.2, -0.15) is 0 Å². The Labute approximate surface area is 104 Å². The summed E-state index contributed by atoms with van der Waals surface area (Å²) in [6.45, 7) is 12.4. The summed E-state index contributed by atoms with van der Waals surface area (Å²) in [5.74, 6) is -0.433. The van der Waals surface area contributed by atoms with Gasteiger partial charge < -0.3 is 4.74 Å². The quantitative estimate of drug-likeness (QED) is 0.371. The van der Waals surface area contributed by atoms with Crippen LogP contribution in [0, 0.1) is 12.8 Å². The first-order valence-electron chi connectivity index (χ1n) is 6.04. The van der Waals surface area contributed by atoms with E-state index in [9.17, 15) is 9.59 Å². The number of hydrogen-bond donors (Lipinski definition) is 0. The molecule has 0 saturated heterocycles. The Kier molecular flexibility index (Phi) is 7.35. The molecule has 0 aliphatic rings. The van der Waals surface area contributed by atoms with Crippen LogP contribution >= 0.6 is 0 Å². The van der Waals surface area contributed by atoms with Crippen molar-refractivity contribution in [1.29, 1.82) is 0 Å². The predicted molar refractivity (Wildman–Crippen MR) is 68.4 cm³/mol. The van der Waals surface area contributed by atoms with E-state index >= 15 is 0 Å². The number of carbonyl (C=O) groups excluding carboxylic acids is 2. The zero-order valence-corrected chi connectivity index (χ0v) is 11.1. The maximum Gasteiger partial charge on any atom is 0.306 e. The molecular weight excluding hydrogens is 216 g/mol. The number of ether oxygens (including phenoxy) is 1. The Morgan fingerprint density at radius 1 is 1.24 bits per heavy atom. The highest BCUT2D eigenvalue weighted by molar-refractivity contribution is 5.79. The highest BCUT2D eigenvalue weighted by Crippen LogP contribution is 2.11. The van der Waals surface area contributed by atoms with E-state index in [0.717, 1.165) is 24.8 Å². The molecule has 0 saturated carbocycles. The lowest BCUT2D eigenvalue weighted by Gasteiger charge is -2.18. The first-order valence-corrected chi connectivity index (χ1v) is 6.04. The van der Waals surface area contributed by atoms with E-state index in [-0.39, 0.29) is 23.8 Å². The van der Waals surface area contributed by atoms with Crippen molar-refractivity contribution < 1.29 is 14.3 Å². The highest BCUT2D eigenvalue weighted by atomic mass is 16.5. The minimum atomic E-state index is -0.345. The van der Waals surface area contributed by atoms with E-state index in [1.54, 1.807) is 13.8 Å². The average Bonchev–Trinajstić information content (AvgIpc) is 2.22. The molecule has 3 heteroatoms. The number of hydrogen-bond acceptors (Lipinski definition) is 3. The fraction of sp³-hybridized carbons (Fsp3) is 0.643. The Morgan fingerprint density at radius 2 is 1.76 bits per heavy atom. The Balaban J connectivity index is 3.78. The average molecular weight is 239 g/mol. The number of rotatable bonds is 8. The van der Waals surface area contributed by atoms with Gasteiger partial charge in [0, 0.05) is 6.42 Å². The number of carbonyl (C=O) groups is 2. The molecule has 2 unspecified atom stereocenters. The van der Waals surface area contributed by atoms with Crippen LogP contribution in [-0.2, 0) is 14.3 Å². The van der Waals surface area contributed by atoms with Gasteiger partial charge in [0.05, 0.1) is 5.92 Å². The van der Waals surface area contributed by atoms with Gasteiger partial charge in [-0.15, -0.1) is 0 Å². The monoisotopic (exact) mass is 239 g/mol. The molecule has 0 bridgehead atoms. The summed E-state index contributed by atoms with van der Waals surface area (Å²) < 4.78 is 5.18. The second kappa shape index (κ2) is 7.93. The van der Waals surface area contributed by atoms with Gasteiger partial charge in [0.1, 0.15) is 11.9 Å². The molecule has 0 heterocycles. The van der Waals surface area contributed by atoms with E-state index in [0.29, 0.717) is 6.42 Å². The van der Waals surface area contributed by atoms with Gasteiger partial charge in [-0.3, -0.25) is 9.59 Å². The van der Waals surface area contributed by atoms with Crippen molar-refractivity contribution in [2.45, 2.75) is 52.6 Å². The van der Waals surface area contributed by atoms with Crippen LogP contribution in [0.4, 0.5) is 0 Å². The van der Waals surface area contributed by atoms with Crippen molar-refractivity contribution in [1.82, 2.24) is 0 Å². The summed E-state index contributed by atoms with van der Waals surface area (Å²) in [4.78, 5) is 22.5. The van der Waals surface area contributed by atoms with Crippen LogP contribution < -0.4 is 0 Å². The molecule has 3 nitrogen and oxygen atoms in total. The molecule has 0 radical (unpaired) electrons.